The number of amides is 1. The monoisotopic (exact) mass is 463 g/mol. The Morgan fingerprint density at radius 3 is 2.40 bits per heavy atom. The fraction of sp³-hybridized carbons (Fsp3) is 0.333. The Labute approximate surface area is 185 Å². The molecule has 0 bridgehead atoms. The highest BCUT2D eigenvalue weighted by molar-refractivity contribution is 7.98. The molecule has 0 aliphatic carbocycles. The molecule has 0 fully saturated rings. The molecule has 0 saturated heterocycles. The minimum atomic E-state index is -3.30. The minimum Gasteiger partial charge on any atom is -0.308 e. The molecule has 0 unspecified atom stereocenters. The molecule has 0 radical (unpaired) electrons. The van der Waals surface area contributed by atoms with Gasteiger partial charge in [0, 0.05) is 23.5 Å². The van der Waals surface area contributed by atoms with Crippen molar-refractivity contribution >= 4 is 54.2 Å². The van der Waals surface area contributed by atoms with E-state index in [4.69, 9.17) is 0 Å². The van der Waals surface area contributed by atoms with Gasteiger partial charge in [0.25, 0.3) is 5.91 Å². The van der Waals surface area contributed by atoms with Crippen molar-refractivity contribution in [1.82, 2.24) is 9.88 Å². The van der Waals surface area contributed by atoms with Gasteiger partial charge in [-0.05, 0) is 62.8 Å². The molecule has 30 heavy (non-hydrogen) atoms. The second-order valence-corrected chi connectivity index (χ2v) is 11.2. The molecule has 2 aromatic carbocycles. The molecular weight excluding hydrogens is 438 g/mol. The van der Waals surface area contributed by atoms with Crippen LogP contribution in [0.25, 0.3) is 10.2 Å². The van der Waals surface area contributed by atoms with Crippen LogP contribution in [0.2, 0.25) is 0 Å². The Kier molecular flexibility index (Phi) is 7.18. The number of benzene rings is 2. The van der Waals surface area contributed by atoms with Gasteiger partial charge in [-0.15, -0.1) is 11.8 Å². The summed E-state index contributed by atoms with van der Waals surface area (Å²) < 4.78 is 25.1. The van der Waals surface area contributed by atoms with Crippen LogP contribution in [-0.2, 0) is 9.84 Å². The summed E-state index contributed by atoms with van der Waals surface area (Å²) >= 11 is 3.15. The van der Waals surface area contributed by atoms with Gasteiger partial charge in [-0.3, -0.25) is 9.69 Å². The summed E-state index contributed by atoms with van der Waals surface area (Å²) in [6.45, 7) is 2.77. The number of nitrogens with zero attached hydrogens (tertiary/aromatic N) is 3. The number of carbonyl (C=O) groups excluding carboxylic acids is 1. The van der Waals surface area contributed by atoms with E-state index in [1.54, 1.807) is 35.7 Å². The zero-order chi connectivity index (χ0) is 21.9. The van der Waals surface area contributed by atoms with Crippen LogP contribution >= 0.6 is 23.1 Å². The van der Waals surface area contributed by atoms with Crippen LogP contribution in [0, 0.1) is 0 Å². The third-order valence-electron chi connectivity index (χ3n) is 4.67. The molecule has 0 spiro atoms. The van der Waals surface area contributed by atoms with Gasteiger partial charge in [0.15, 0.2) is 15.0 Å². The van der Waals surface area contributed by atoms with Gasteiger partial charge in [0.05, 0.1) is 20.9 Å². The van der Waals surface area contributed by atoms with E-state index in [1.807, 2.05) is 37.4 Å². The van der Waals surface area contributed by atoms with Crippen LogP contribution in [-0.4, -0.2) is 63.4 Å². The van der Waals surface area contributed by atoms with Gasteiger partial charge < -0.3 is 4.90 Å². The van der Waals surface area contributed by atoms with E-state index in [9.17, 15) is 13.2 Å². The maximum atomic E-state index is 13.3. The molecule has 0 aliphatic rings. The maximum Gasteiger partial charge on any atom is 0.260 e. The number of thioether (sulfide) groups is 1. The van der Waals surface area contributed by atoms with Crippen LogP contribution in [0.1, 0.15) is 17.3 Å². The number of carbonyl (C=O) groups is 1. The predicted molar refractivity (Wildman–Crippen MR) is 126 cm³/mol. The molecule has 0 atom stereocenters. The van der Waals surface area contributed by atoms with E-state index >= 15 is 0 Å². The average molecular weight is 464 g/mol. The first kappa shape index (κ1) is 22.7. The number of hydrogen-bond acceptors (Lipinski definition) is 7. The Bertz CT molecular complexity index is 1140. The first-order valence-electron chi connectivity index (χ1n) is 9.49. The fourth-order valence-electron chi connectivity index (χ4n) is 2.85. The number of likely N-dealkylation sites (N-methyl/N-ethyl adjacent to an activating group) is 1. The van der Waals surface area contributed by atoms with Crippen LogP contribution in [0.15, 0.2) is 52.3 Å². The molecule has 1 aromatic heterocycles. The van der Waals surface area contributed by atoms with Crippen molar-refractivity contribution in [2.45, 2.75) is 16.7 Å². The molecular formula is C21H25N3O3S3. The normalized spacial score (nSPS) is 11.9. The molecule has 160 valence electrons. The zero-order valence-electron chi connectivity index (χ0n) is 17.5. The second-order valence-electron chi connectivity index (χ2n) is 7.02. The van der Waals surface area contributed by atoms with Crippen molar-refractivity contribution in [3.8, 4) is 0 Å². The molecule has 6 nitrogen and oxygen atoms in total. The summed E-state index contributed by atoms with van der Waals surface area (Å²) in [5.41, 5.74) is 1.30. The standard InChI is InChI=1S/C21H25N3O3S3/c1-5-30(26,27)17-9-6-15(7-10-17)20(25)24(13-12-23(2)3)21-22-18-11-8-16(28-4)14-19(18)29-21/h6-11,14H,5,12-13H2,1-4H3. The lowest BCUT2D eigenvalue weighted by atomic mass is 10.2. The third-order valence-corrected chi connectivity index (χ3v) is 8.19. The summed E-state index contributed by atoms with van der Waals surface area (Å²) in [6.07, 6.45) is 2.03. The van der Waals surface area contributed by atoms with Gasteiger partial charge in [-0.25, -0.2) is 13.4 Å². The SMILES string of the molecule is CCS(=O)(=O)c1ccc(C(=O)N(CCN(C)C)c2nc3ccc(SC)cc3s2)cc1. The smallest absolute Gasteiger partial charge is 0.260 e. The van der Waals surface area contributed by atoms with Crippen LogP contribution in [0.4, 0.5) is 5.13 Å². The first-order chi connectivity index (χ1) is 14.2. The quantitative estimate of drug-likeness (QED) is 0.470. The second kappa shape index (κ2) is 9.47. The number of aromatic nitrogens is 1. The Morgan fingerprint density at radius 1 is 1.10 bits per heavy atom. The van der Waals surface area contributed by atoms with Crippen LogP contribution in [0.3, 0.4) is 0 Å². The maximum absolute atomic E-state index is 13.3. The largest absolute Gasteiger partial charge is 0.308 e. The van der Waals surface area contributed by atoms with Gasteiger partial charge in [-0.1, -0.05) is 18.3 Å². The van der Waals surface area contributed by atoms with Crippen molar-refractivity contribution in [2.24, 2.45) is 0 Å². The molecule has 9 heteroatoms. The molecule has 0 N–H and O–H groups in total. The van der Waals surface area contributed by atoms with E-state index < -0.39 is 9.84 Å². The van der Waals surface area contributed by atoms with Crippen molar-refractivity contribution in [3.05, 3.63) is 48.0 Å². The highest BCUT2D eigenvalue weighted by Crippen LogP contribution is 2.32. The van der Waals surface area contributed by atoms with Gasteiger partial charge in [-0.2, -0.15) is 0 Å². The van der Waals surface area contributed by atoms with Gasteiger partial charge >= 0.3 is 0 Å². The summed E-state index contributed by atoms with van der Waals surface area (Å²) in [5.74, 6) is -0.166. The Morgan fingerprint density at radius 2 is 1.80 bits per heavy atom. The molecule has 1 heterocycles. The van der Waals surface area contributed by atoms with E-state index in [0.29, 0.717) is 23.8 Å². The zero-order valence-corrected chi connectivity index (χ0v) is 19.9. The molecule has 0 saturated carbocycles. The highest BCUT2D eigenvalue weighted by Gasteiger charge is 2.22. The predicted octanol–water partition coefficient (Wildman–Crippen LogP) is 4.02. The minimum absolute atomic E-state index is 0.0268. The lowest BCUT2D eigenvalue weighted by Crippen LogP contribution is -2.36. The Hall–Kier alpha value is -1.94. The molecule has 0 aliphatic heterocycles. The van der Waals surface area contributed by atoms with Gasteiger partial charge in [0.2, 0.25) is 0 Å². The lowest BCUT2D eigenvalue weighted by Gasteiger charge is -2.22. The summed E-state index contributed by atoms with van der Waals surface area (Å²) in [4.78, 5) is 23.1. The number of fused-ring (bicyclic) bond motifs is 1. The number of sulfone groups is 1. The summed E-state index contributed by atoms with van der Waals surface area (Å²) in [6, 6.07) is 12.2. The number of rotatable bonds is 8. The number of thiazole rings is 1. The highest BCUT2D eigenvalue weighted by atomic mass is 32.2. The van der Waals surface area contributed by atoms with Crippen LogP contribution in [0.5, 0.6) is 0 Å². The van der Waals surface area contributed by atoms with Crippen molar-refractivity contribution in [1.29, 1.82) is 0 Å². The van der Waals surface area contributed by atoms with Crippen molar-refractivity contribution < 1.29 is 13.2 Å². The third kappa shape index (κ3) is 5.03. The molecule has 3 rings (SSSR count). The molecule has 3 aromatic rings. The first-order valence-corrected chi connectivity index (χ1v) is 13.2. The summed E-state index contributed by atoms with van der Waals surface area (Å²) in [7, 11) is 0.607. The van der Waals surface area contributed by atoms with E-state index in [2.05, 4.69) is 11.1 Å². The lowest BCUT2D eigenvalue weighted by molar-refractivity contribution is 0.0985. The van der Waals surface area contributed by atoms with Crippen LogP contribution < -0.4 is 4.90 Å². The fourth-order valence-corrected chi connectivity index (χ4v) is 5.27. The van der Waals surface area contributed by atoms with E-state index in [-0.39, 0.29) is 16.6 Å². The topological polar surface area (TPSA) is 70.6 Å². The summed E-state index contributed by atoms with van der Waals surface area (Å²) in [5, 5.41) is 0.639. The van der Waals surface area contributed by atoms with E-state index in [1.165, 1.54) is 23.5 Å². The van der Waals surface area contributed by atoms with Crippen molar-refractivity contribution in [3.63, 3.8) is 0 Å². The molecule has 1 amide bonds. The Balaban J connectivity index is 1.96. The van der Waals surface area contributed by atoms with E-state index in [0.717, 1.165) is 15.1 Å². The number of anilines is 1. The average Bonchev–Trinajstić information content (AvgIpc) is 3.16. The van der Waals surface area contributed by atoms with Gasteiger partial charge in [0.1, 0.15) is 0 Å². The van der Waals surface area contributed by atoms with Crippen molar-refractivity contribution in [2.75, 3.05) is 44.1 Å². The number of hydrogen-bond donors (Lipinski definition) is 0.